The zero-order chi connectivity index (χ0) is 12.3. The van der Waals surface area contributed by atoms with Crippen LogP contribution in [-0.2, 0) is 11.3 Å². The van der Waals surface area contributed by atoms with Crippen molar-refractivity contribution in [3.63, 3.8) is 0 Å². The molecule has 0 spiro atoms. The van der Waals surface area contributed by atoms with E-state index in [0.717, 1.165) is 24.3 Å². The van der Waals surface area contributed by atoms with Crippen molar-refractivity contribution in [1.29, 1.82) is 0 Å². The lowest BCUT2D eigenvalue weighted by Gasteiger charge is -2.38. The SMILES string of the molecule is CC1CN(c2ccccc2CN)CC(CO)O1. The van der Waals surface area contributed by atoms with Gasteiger partial charge in [0, 0.05) is 25.3 Å². The van der Waals surface area contributed by atoms with Crippen molar-refractivity contribution >= 4 is 5.69 Å². The number of ether oxygens (including phenoxy) is 1. The number of benzene rings is 1. The fourth-order valence-electron chi connectivity index (χ4n) is 2.33. The Morgan fingerprint density at radius 2 is 2.18 bits per heavy atom. The molecule has 0 saturated carbocycles. The first-order valence-corrected chi connectivity index (χ1v) is 6.03. The highest BCUT2D eigenvalue weighted by atomic mass is 16.5. The first-order chi connectivity index (χ1) is 8.24. The molecule has 0 aliphatic carbocycles. The predicted molar refractivity (Wildman–Crippen MR) is 68.0 cm³/mol. The lowest BCUT2D eigenvalue weighted by atomic mass is 10.1. The summed E-state index contributed by atoms with van der Waals surface area (Å²) < 4.78 is 5.64. The predicted octanol–water partition coefficient (Wildman–Crippen LogP) is 0.731. The smallest absolute Gasteiger partial charge is 0.0984 e. The Hall–Kier alpha value is -1.10. The molecule has 3 N–H and O–H groups in total. The van der Waals surface area contributed by atoms with E-state index in [4.69, 9.17) is 10.5 Å². The number of rotatable bonds is 3. The summed E-state index contributed by atoms with van der Waals surface area (Å²) in [6.45, 7) is 4.18. The van der Waals surface area contributed by atoms with Crippen LogP contribution in [-0.4, -0.2) is 37.0 Å². The second-order valence-corrected chi connectivity index (χ2v) is 4.49. The topological polar surface area (TPSA) is 58.7 Å². The van der Waals surface area contributed by atoms with Gasteiger partial charge in [0.2, 0.25) is 0 Å². The van der Waals surface area contributed by atoms with E-state index in [1.807, 2.05) is 25.1 Å². The fourth-order valence-corrected chi connectivity index (χ4v) is 2.33. The lowest BCUT2D eigenvalue weighted by molar-refractivity contribution is -0.0421. The molecule has 1 saturated heterocycles. The van der Waals surface area contributed by atoms with Crippen molar-refractivity contribution in [3.8, 4) is 0 Å². The molecule has 0 radical (unpaired) electrons. The summed E-state index contributed by atoms with van der Waals surface area (Å²) in [5.41, 5.74) is 8.05. The molecule has 1 fully saturated rings. The highest BCUT2D eigenvalue weighted by molar-refractivity contribution is 5.54. The molecule has 17 heavy (non-hydrogen) atoms. The van der Waals surface area contributed by atoms with Gasteiger partial charge in [-0.25, -0.2) is 0 Å². The summed E-state index contributed by atoms with van der Waals surface area (Å²) >= 11 is 0. The maximum Gasteiger partial charge on any atom is 0.0984 e. The molecule has 0 amide bonds. The first-order valence-electron chi connectivity index (χ1n) is 6.03. The Labute approximate surface area is 102 Å². The summed E-state index contributed by atoms with van der Waals surface area (Å²) in [6.07, 6.45) is 0.0244. The van der Waals surface area contributed by atoms with Gasteiger partial charge in [-0.05, 0) is 18.6 Å². The molecular formula is C13H20N2O2. The van der Waals surface area contributed by atoms with Gasteiger partial charge < -0.3 is 20.5 Å². The van der Waals surface area contributed by atoms with Gasteiger partial charge in [-0.2, -0.15) is 0 Å². The van der Waals surface area contributed by atoms with Crippen LogP contribution in [0.15, 0.2) is 24.3 Å². The molecule has 94 valence electrons. The molecular weight excluding hydrogens is 216 g/mol. The number of anilines is 1. The normalized spacial score (nSPS) is 25.0. The zero-order valence-electron chi connectivity index (χ0n) is 10.2. The van der Waals surface area contributed by atoms with Crippen LogP contribution in [0.5, 0.6) is 0 Å². The fraction of sp³-hybridized carbons (Fsp3) is 0.538. The third-order valence-corrected chi connectivity index (χ3v) is 3.08. The maximum absolute atomic E-state index is 9.22. The van der Waals surface area contributed by atoms with E-state index in [0.29, 0.717) is 6.54 Å². The van der Waals surface area contributed by atoms with Gasteiger partial charge in [0.05, 0.1) is 18.8 Å². The molecule has 4 heteroatoms. The third kappa shape index (κ3) is 2.77. The minimum Gasteiger partial charge on any atom is -0.394 e. The molecule has 0 bridgehead atoms. The van der Waals surface area contributed by atoms with Crippen molar-refractivity contribution in [2.75, 3.05) is 24.6 Å². The maximum atomic E-state index is 9.22. The molecule has 2 unspecified atom stereocenters. The Kier molecular flexibility index (Phi) is 3.99. The molecule has 1 heterocycles. The summed E-state index contributed by atoms with van der Waals surface area (Å²) in [4.78, 5) is 2.25. The van der Waals surface area contributed by atoms with E-state index in [1.54, 1.807) is 0 Å². The van der Waals surface area contributed by atoms with E-state index in [-0.39, 0.29) is 18.8 Å². The number of nitrogens with zero attached hydrogens (tertiary/aromatic N) is 1. The second kappa shape index (κ2) is 5.49. The number of morpholine rings is 1. The van der Waals surface area contributed by atoms with Gasteiger partial charge >= 0.3 is 0 Å². The number of nitrogens with two attached hydrogens (primary N) is 1. The summed E-state index contributed by atoms with van der Waals surface area (Å²) in [5.74, 6) is 0. The Morgan fingerprint density at radius 1 is 1.41 bits per heavy atom. The molecule has 4 nitrogen and oxygen atoms in total. The minimum absolute atomic E-state index is 0.0611. The van der Waals surface area contributed by atoms with Crippen LogP contribution >= 0.6 is 0 Å². The number of hydrogen-bond donors (Lipinski definition) is 2. The van der Waals surface area contributed by atoms with Crippen LogP contribution < -0.4 is 10.6 Å². The highest BCUT2D eigenvalue weighted by Gasteiger charge is 2.25. The van der Waals surface area contributed by atoms with Crippen molar-refractivity contribution in [3.05, 3.63) is 29.8 Å². The zero-order valence-corrected chi connectivity index (χ0v) is 10.2. The van der Waals surface area contributed by atoms with Crippen LogP contribution in [0.1, 0.15) is 12.5 Å². The molecule has 1 aromatic rings. The van der Waals surface area contributed by atoms with Crippen LogP contribution in [0, 0.1) is 0 Å². The standard InChI is InChI=1S/C13H20N2O2/c1-10-7-15(8-12(9-16)17-10)13-5-3-2-4-11(13)6-14/h2-5,10,12,16H,6-9,14H2,1H3. The lowest BCUT2D eigenvalue weighted by Crippen LogP contribution is -2.48. The van der Waals surface area contributed by atoms with E-state index in [1.165, 1.54) is 0 Å². The third-order valence-electron chi connectivity index (χ3n) is 3.08. The van der Waals surface area contributed by atoms with Crippen molar-refractivity contribution in [2.45, 2.75) is 25.7 Å². The average molecular weight is 236 g/mol. The Balaban J connectivity index is 2.20. The van der Waals surface area contributed by atoms with Crippen molar-refractivity contribution < 1.29 is 9.84 Å². The first kappa shape index (κ1) is 12.4. The highest BCUT2D eigenvalue weighted by Crippen LogP contribution is 2.24. The van der Waals surface area contributed by atoms with Gasteiger partial charge in [0.25, 0.3) is 0 Å². The number of hydrogen-bond acceptors (Lipinski definition) is 4. The Bertz CT molecular complexity index is 370. The molecule has 2 rings (SSSR count). The number of aliphatic hydroxyl groups is 1. The Morgan fingerprint density at radius 3 is 2.88 bits per heavy atom. The summed E-state index contributed by atoms with van der Waals surface area (Å²) in [7, 11) is 0. The summed E-state index contributed by atoms with van der Waals surface area (Å²) in [6, 6.07) is 8.14. The molecule has 2 atom stereocenters. The molecule has 1 aromatic carbocycles. The van der Waals surface area contributed by atoms with Crippen molar-refractivity contribution in [2.24, 2.45) is 5.73 Å². The minimum atomic E-state index is -0.107. The van der Waals surface area contributed by atoms with Crippen LogP contribution in [0.4, 0.5) is 5.69 Å². The van der Waals surface area contributed by atoms with Crippen LogP contribution in [0.2, 0.25) is 0 Å². The van der Waals surface area contributed by atoms with Crippen molar-refractivity contribution in [1.82, 2.24) is 0 Å². The van der Waals surface area contributed by atoms with E-state index in [2.05, 4.69) is 11.0 Å². The summed E-state index contributed by atoms with van der Waals surface area (Å²) in [5, 5.41) is 9.22. The van der Waals surface area contributed by atoms with Gasteiger partial charge in [-0.3, -0.25) is 0 Å². The molecule has 0 aromatic heterocycles. The largest absolute Gasteiger partial charge is 0.394 e. The van der Waals surface area contributed by atoms with E-state index in [9.17, 15) is 5.11 Å². The van der Waals surface area contributed by atoms with Crippen LogP contribution in [0.3, 0.4) is 0 Å². The quantitative estimate of drug-likeness (QED) is 0.812. The molecule has 1 aliphatic rings. The van der Waals surface area contributed by atoms with Crippen LogP contribution in [0.25, 0.3) is 0 Å². The monoisotopic (exact) mass is 236 g/mol. The van der Waals surface area contributed by atoms with Gasteiger partial charge in [-0.15, -0.1) is 0 Å². The van der Waals surface area contributed by atoms with Gasteiger partial charge in [-0.1, -0.05) is 18.2 Å². The van der Waals surface area contributed by atoms with Gasteiger partial charge in [0.1, 0.15) is 0 Å². The number of para-hydroxylation sites is 1. The van der Waals surface area contributed by atoms with Gasteiger partial charge in [0.15, 0.2) is 0 Å². The number of aliphatic hydroxyl groups excluding tert-OH is 1. The second-order valence-electron chi connectivity index (χ2n) is 4.49. The average Bonchev–Trinajstić information content (AvgIpc) is 2.37. The molecule has 1 aliphatic heterocycles. The van der Waals surface area contributed by atoms with E-state index >= 15 is 0 Å². The van der Waals surface area contributed by atoms with E-state index < -0.39 is 0 Å².